The number of fused-ring (bicyclic) bond motifs is 1. The van der Waals surface area contributed by atoms with Gasteiger partial charge in [0, 0.05) is 16.1 Å². The topological polar surface area (TPSA) is 43.4 Å². The first-order chi connectivity index (χ1) is 9.63. The fraction of sp³-hybridized carbons (Fsp3) is 0. The van der Waals surface area contributed by atoms with Crippen LogP contribution in [0.5, 0.6) is 11.5 Å². The minimum absolute atomic E-state index is 0.169. The number of carbonyl (C=O) groups is 2. The number of hydrogen-bond acceptors (Lipinski definition) is 3. The first-order valence-corrected chi connectivity index (χ1v) is 6.35. The van der Waals surface area contributed by atoms with E-state index in [9.17, 15) is 9.59 Å². The maximum Gasteiger partial charge on any atom is 0.186 e. The Balaban J connectivity index is 1.93. The summed E-state index contributed by atoms with van der Waals surface area (Å²) in [7, 11) is 0. The van der Waals surface area contributed by atoms with Crippen molar-refractivity contribution in [2.75, 3.05) is 0 Å². The van der Waals surface area contributed by atoms with Gasteiger partial charge in [-0.05, 0) is 54.6 Å². The van der Waals surface area contributed by atoms with Gasteiger partial charge in [0.25, 0.3) is 0 Å². The van der Waals surface area contributed by atoms with Crippen LogP contribution in [0.2, 0.25) is 5.02 Å². The highest BCUT2D eigenvalue weighted by Gasteiger charge is 2.19. The molecule has 20 heavy (non-hydrogen) atoms. The molecule has 2 aromatic carbocycles. The van der Waals surface area contributed by atoms with Gasteiger partial charge in [-0.3, -0.25) is 9.59 Å². The van der Waals surface area contributed by atoms with Gasteiger partial charge in [-0.1, -0.05) is 11.6 Å². The van der Waals surface area contributed by atoms with Crippen molar-refractivity contribution in [3.8, 4) is 11.5 Å². The second kappa shape index (κ2) is 4.94. The smallest absolute Gasteiger partial charge is 0.186 e. The molecule has 4 heteroatoms. The average Bonchev–Trinajstić information content (AvgIpc) is 2.46. The van der Waals surface area contributed by atoms with Crippen LogP contribution in [0.15, 0.2) is 54.6 Å². The van der Waals surface area contributed by atoms with E-state index in [0.29, 0.717) is 27.6 Å². The molecule has 0 radical (unpaired) electrons. The van der Waals surface area contributed by atoms with E-state index in [1.165, 1.54) is 12.2 Å². The quantitative estimate of drug-likeness (QED) is 0.835. The monoisotopic (exact) mass is 284 g/mol. The molecule has 0 atom stereocenters. The Labute approximate surface area is 120 Å². The highest BCUT2D eigenvalue weighted by molar-refractivity contribution is 6.30. The molecule has 0 saturated carbocycles. The summed E-state index contributed by atoms with van der Waals surface area (Å²) < 4.78 is 5.64. The SMILES string of the molecule is O=C1C=CC(=O)c2cc(Oc3ccc(Cl)cc3)ccc21. The lowest BCUT2D eigenvalue weighted by molar-refractivity contribution is 0.0994. The van der Waals surface area contributed by atoms with Crippen molar-refractivity contribution in [3.63, 3.8) is 0 Å². The van der Waals surface area contributed by atoms with Crippen LogP contribution < -0.4 is 4.74 Å². The first-order valence-electron chi connectivity index (χ1n) is 5.98. The van der Waals surface area contributed by atoms with Crippen molar-refractivity contribution >= 4 is 23.2 Å². The Bertz CT molecular complexity index is 730. The number of benzene rings is 2. The van der Waals surface area contributed by atoms with Gasteiger partial charge in [0.1, 0.15) is 11.5 Å². The van der Waals surface area contributed by atoms with E-state index in [1.807, 2.05) is 0 Å². The van der Waals surface area contributed by atoms with Crippen molar-refractivity contribution in [2.24, 2.45) is 0 Å². The van der Waals surface area contributed by atoms with Crippen molar-refractivity contribution in [1.29, 1.82) is 0 Å². The van der Waals surface area contributed by atoms with Crippen LogP contribution in [0.25, 0.3) is 0 Å². The summed E-state index contributed by atoms with van der Waals surface area (Å²) in [5.41, 5.74) is 0.768. The molecule has 3 nitrogen and oxygen atoms in total. The molecule has 1 aliphatic carbocycles. The zero-order valence-electron chi connectivity index (χ0n) is 10.3. The highest BCUT2D eigenvalue weighted by atomic mass is 35.5. The van der Waals surface area contributed by atoms with Gasteiger partial charge in [-0.15, -0.1) is 0 Å². The van der Waals surface area contributed by atoms with Gasteiger partial charge in [0.05, 0.1) is 0 Å². The number of carbonyl (C=O) groups excluding carboxylic acids is 2. The minimum atomic E-state index is -0.193. The second-order valence-electron chi connectivity index (χ2n) is 4.33. The summed E-state index contributed by atoms with van der Waals surface area (Å²) in [6, 6.07) is 11.7. The molecule has 0 fully saturated rings. The molecule has 0 heterocycles. The molecular formula is C16H9ClO3. The van der Waals surface area contributed by atoms with Crippen molar-refractivity contribution in [1.82, 2.24) is 0 Å². The minimum Gasteiger partial charge on any atom is -0.457 e. The third-order valence-corrected chi connectivity index (χ3v) is 3.21. The Morgan fingerprint density at radius 2 is 1.35 bits per heavy atom. The summed E-state index contributed by atoms with van der Waals surface area (Å²) in [6.45, 7) is 0. The number of allylic oxidation sites excluding steroid dienone is 2. The van der Waals surface area contributed by atoms with E-state index in [0.717, 1.165) is 0 Å². The van der Waals surface area contributed by atoms with E-state index in [2.05, 4.69) is 0 Å². The maximum absolute atomic E-state index is 11.8. The van der Waals surface area contributed by atoms with E-state index < -0.39 is 0 Å². The molecular weight excluding hydrogens is 276 g/mol. The average molecular weight is 285 g/mol. The molecule has 0 unspecified atom stereocenters. The molecule has 0 saturated heterocycles. The Kier molecular flexibility index (Phi) is 3.12. The summed E-state index contributed by atoms with van der Waals surface area (Å²) in [5, 5.41) is 0.619. The zero-order chi connectivity index (χ0) is 14.1. The van der Waals surface area contributed by atoms with Gasteiger partial charge in [0.2, 0.25) is 0 Å². The highest BCUT2D eigenvalue weighted by Crippen LogP contribution is 2.27. The second-order valence-corrected chi connectivity index (χ2v) is 4.76. The van der Waals surface area contributed by atoms with Crippen LogP contribution in [0.4, 0.5) is 0 Å². The molecule has 0 amide bonds. The summed E-state index contributed by atoms with van der Waals surface area (Å²) in [6.07, 6.45) is 2.56. The predicted molar refractivity (Wildman–Crippen MR) is 75.8 cm³/mol. The van der Waals surface area contributed by atoms with Gasteiger partial charge >= 0.3 is 0 Å². The van der Waals surface area contributed by atoms with E-state index >= 15 is 0 Å². The van der Waals surface area contributed by atoms with Crippen molar-refractivity contribution < 1.29 is 14.3 Å². The molecule has 0 spiro atoms. The van der Waals surface area contributed by atoms with Crippen LogP contribution in [0.1, 0.15) is 20.7 Å². The van der Waals surface area contributed by atoms with Crippen LogP contribution in [0.3, 0.4) is 0 Å². The van der Waals surface area contributed by atoms with Crippen molar-refractivity contribution in [3.05, 3.63) is 70.8 Å². The fourth-order valence-corrected chi connectivity index (χ4v) is 2.10. The van der Waals surface area contributed by atoms with E-state index in [1.54, 1.807) is 42.5 Å². The van der Waals surface area contributed by atoms with Gasteiger partial charge in [-0.2, -0.15) is 0 Å². The molecule has 0 N–H and O–H groups in total. The first kappa shape index (κ1) is 12.6. The number of rotatable bonds is 2. The summed E-state index contributed by atoms with van der Waals surface area (Å²) in [5.74, 6) is 0.751. The van der Waals surface area contributed by atoms with Crippen LogP contribution in [0, 0.1) is 0 Å². The van der Waals surface area contributed by atoms with E-state index in [-0.39, 0.29) is 11.6 Å². The number of ketones is 2. The summed E-state index contributed by atoms with van der Waals surface area (Å²) in [4.78, 5) is 23.4. The molecule has 1 aliphatic rings. The molecule has 0 aliphatic heterocycles. The van der Waals surface area contributed by atoms with Gasteiger partial charge in [-0.25, -0.2) is 0 Å². The maximum atomic E-state index is 11.8. The van der Waals surface area contributed by atoms with Crippen LogP contribution in [-0.2, 0) is 0 Å². The van der Waals surface area contributed by atoms with E-state index in [4.69, 9.17) is 16.3 Å². The van der Waals surface area contributed by atoms with Crippen LogP contribution in [-0.4, -0.2) is 11.6 Å². The molecule has 2 aromatic rings. The predicted octanol–water partition coefficient (Wildman–Crippen LogP) is 4.07. The number of ether oxygens (including phenoxy) is 1. The fourth-order valence-electron chi connectivity index (χ4n) is 1.98. The van der Waals surface area contributed by atoms with Crippen molar-refractivity contribution in [2.45, 2.75) is 0 Å². The normalized spacial score (nSPS) is 13.2. The molecule has 0 bridgehead atoms. The molecule has 98 valence electrons. The third-order valence-electron chi connectivity index (χ3n) is 2.96. The Morgan fingerprint density at radius 3 is 2.05 bits per heavy atom. The standard InChI is InChI=1S/C16H9ClO3/c17-10-1-3-11(4-2-10)20-12-5-6-13-14(9-12)16(19)8-7-15(13)18/h1-9H. The molecule has 0 aromatic heterocycles. The van der Waals surface area contributed by atoms with Crippen LogP contribution >= 0.6 is 11.6 Å². The zero-order valence-corrected chi connectivity index (χ0v) is 11.1. The third kappa shape index (κ3) is 2.36. The summed E-state index contributed by atoms with van der Waals surface area (Å²) >= 11 is 5.80. The lowest BCUT2D eigenvalue weighted by atomic mass is 9.95. The number of halogens is 1. The lowest BCUT2D eigenvalue weighted by Gasteiger charge is -2.11. The Hall–Kier alpha value is -2.39. The lowest BCUT2D eigenvalue weighted by Crippen LogP contribution is -2.11. The number of hydrogen-bond donors (Lipinski definition) is 0. The molecule has 3 rings (SSSR count). The largest absolute Gasteiger partial charge is 0.457 e. The van der Waals surface area contributed by atoms with Gasteiger partial charge in [0.15, 0.2) is 11.6 Å². The van der Waals surface area contributed by atoms with Gasteiger partial charge < -0.3 is 4.74 Å². The Morgan fingerprint density at radius 1 is 0.750 bits per heavy atom.